The Morgan fingerprint density at radius 2 is 2.33 bits per heavy atom. The van der Waals surface area contributed by atoms with E-state index in [1.165, 1.54) is 6.42 Å². The first-order valence-corrected chi connectivity index (χ1v) is 6.24. The minimum atomic E-state index is 0.417. The van der Waals surface area contributed by atoms with E-state index in [-0.39, 0.29) is 0 Å². The Balaban J connectivity index is 2.15. The number of nitrogens with zero attached hydrogens (tertiary/aromatic N) is 1. The molecule has 1 saturated heterocycles. The molecular weight excluding hydrogens is 208 g/mol. The van der Waals surface area contributed by atoms with Crippen LogP contribution in [-0.2, 0) is 4.74 Å². The molecule has 1 fully saturated rings. The lowest BCUT2D eigenvalue weighted by Gasteiger charge is -2.31. The van der Waals surface area contributed by atoms with Crippen molar-refractivity contribution >= 4 is 17.2 Å². The average molecular weight is 230 g/mol. The Bertz CT molecular complexity index is 199. The van der Waals surface area contributed by atoms with Crippen molar-refractivity contribution in [1.29, 1.82) is 0 Å². The zero-order valence-electron chi connectivity index (χ0n) is 9.58. The van der Waals surface area contributed by atoms with Crippen LogP contribution in [0.5, 0.6) is 0 Å². The van der Waals surface area contributed by atoms with Gasteiger partial charge in [-0.1, -0.05) is 19.1 Å². The molecule has 0 bridgehead atoms. The molecule has 0 saturated carbocycles. The standard InChI is InChI=1S/C11H22N2OS/c1-2-7-14-8-6-13-5-3-4-10(9-13)11(12)15/h10H,2-9H2,1H3,(H2,12,15). The zero-order valence-corrected chi connectivity index (χ0v) is 10.4. The number of hydrogen-bond donors (Lipinski definition) is 1. The molecule has 0 aliphatic carbocycles. The van der Waals surface area contributed by atoms with Crippen LogP contribution in [0.3, 0.4) is 0 Å². The minimum absolute atomic E-state index is 0.417. The first kappa shape index (κ1) is 12.9. The summed E-state index contributed by atoms with van der Waals surface area (Å²) < 4.78 is 5.48. The van der Waals surface area contributed by atoms with E-state index < -0.39 is 0 Å². The van der Waals surface area contributed by atoms with Gasteiger partial charge < -0.3 is 15.4 Å². The van der Waals surface area contributed by atoms with Crippen molar-refractivity contribution in [3.63, 3.8) is 0 Å². The highest BCUT2D eigenvalue weighted by Crippen LogP contribution is 2.16. The Morgan fingerprint density at radius 3 is 3.00 bits per heavy atom. The predicted molar refractivity (Wildman–Crippen MR) is 67.1 cm³/mol. The summed E-state index contributed by atoms with van der Waals surface area (Å²) in [5.74, 6) is 0.417. The Kier molecular flexibility index (Phi) is 6.13. The van der Waals surface area contributed by atoms with Crippen LogP contribution in [-0.4, -0.2) is 42.7 Å². The van der Waals surface area contributed by atoms with E-state index in [0.717, 1.165) is 45.7 Å². The van der Waals surface area contributed by atoms with Crippen LogP contribution in [0.15, 0.2) is 0 Å². The number of likely N-dealkylation sites (tertiary alicyclic amines) is 1. The summed E-state index contributed by atoms with van der Waals surface area (Å²) in [7, 11) is 0. The van der Waals surface area contributed by atoms with E-state index in [2.05, 4.69) is 11.8 Å². The van der Waals surface area contributed by atoms with Crippen molar-refractivity contribution in [2.24, 2.45) is 11.7 Å². The number of piperidine rings is 1. The topological polar surface area (TPSA) is 38.5 Å². The molecule has 0 aromatic carbocycles. The van der Waals surface area contributed by atoms with Gasteiger partial charge in [0.25, 0.3) is 0 Å². The van der Waals surface area contributed by atoms with Crippen molar-refractivity contribution in [3.8, 4) is 0 Å². The fourth-order valence-corrected chi connectivity index (χ4v) is 2.12. The minimum Gasteiger partial charge on any atom is -0.393 e. The maximum absolute atomic E-state index is 5.68. The Hall–Kier alpha value is -0.190. The second-order valence-corrected chi connectivity index (χ2v) is 4.63. The van der Waals surface area contributed by atoms with Crippen molar-refractivity contribution in [1.82, 2.24) is 4.90 Å². The fraction of sp³-hybridized carbons (Fsp3) is 0.909. The summed E-state index contributed by atoms with van der Waals surface area (Å²) in [5, 5.41) is 0. The molecule has 2 N–H and O–H groups in total. The van der Waals surface area contributed by atoms with Crippen molar-refractivity contribution < 1.29 is 4.74 Å². The zero-order chi connectivity index (χ0) is 11.1. The molecule has 0 aromatic heterocycles. The number of nitrogens with two attached hydrogens (primary N) is 1. The largest absolute Gasteiger partial charge is 0.393 e. The van der Waals surface area contributed by atoms with Gasteiger partial charge in [0.15, 0.2) is 0 Å². The smallest absolute Gasteiger partial charge is 0.0771 e. The average Bonchev–Trinajstić information content (AvgIpc) is 2.25. The normalized spacial score (nSPS) is 22.9. The molecule has 0 radical (unpaired) electrons. The second-order valence-electron chi connectivity index (χ2n) is 4.15. The maximum Gasteiger partial charge on any atom is 0.0771 e. The molecule has 0 spiro atoms. The SMILES string of the molecule is CCCOCCN1CCCC(C(N)=S)C1. The third kappa shape index (κ3) is 4.91. The van der Waals surface area contributed by atoms with Crippen molar-refractivity contribution in [2.45, 2.75) is 26.2 Å². The van der Waals surface area contributed by atoms with E-state index in [1.54, 1.807) is 0 Å². The molecule has 3 nitrogen and oxygen atoms in total. The van der Waals surface area contributed by atoms with Gasteiger partial charge in [0.2, 0.25) is 0 Å². The summed E-state index contributed by atoms with van der Waals surface area (Å²) in [6.07, 6.45) is 3.45. The predicted octanol–water partition coefficient (Wildman–Crippen LogP) is 1.41. The van der Waals surface area contributed by atoms with E-state index >= 15 is 0 Å². The number of thiocarbonyl (C=S) groups is 1. The third-order valence-electron chi connectivity index (χ3n) is 2.81. The molecule has 1 heterocycles. The molecule has 1 rings (SSSR count). The number of hydrogen-bond acceptors (Lipinski definition) is 3. The molecular formula is C11H22N2OS. The second kappa shape index (κ2) is 7.14. The molecule has 1 atom stereocenters. The van der Waals surface area contributed by atoms with Gasteiger partial charge in [-0.3, -0.25) is 0 Å². The van der Waals surface area contributed by atoms with Gasteiger partial charge >= 0.3 is 0 Å². The van der Waals surface area contributed by atoms with Crippen LogP contribution < -0.4 is 5.73 Å². The van der Waals surface area contributed by atoms with Gasteiger partial charge in [-0.25, -0.2) is 0 Å². The Morgan fingerprint density at radius 1 is 1.53 bits per heavy atom. The van der Waals surface area contributed by atoms with Gasteiger partial charge in [-0.15, -0.1) is 0 Å². The summed E-state index contributed by atoms with van der Waals surface area (Å²) in [6, 6.07) is 0. The van der Waals surface area contributed by atoms with Gasteiger partial charge in [0.1, 0.15) is 0 Å². The van der Waals surface area contributed by atoms with Crippen LogP contribution in [0.4, 0.5) is 0 Å². The quantitative estimate of drug-likeness (QED) is 0.553. The first-order valence-electron chi connectivity index (χ1n) is 5.83. The summed E-state index contributed by atoms with van der Waals surface area (Å²) in [5.41, 5.74) is 5.68. The van der Waals surface area contributed by atoms with E-state index in [4.69, 9.17) is 22.7 Å². The molecule has 88 valence electrons. The van der Waals surface area contributed by atoms with Gasteiger partial charge in [-0.2, -0.15) is 0 Å². The third-order valence-corrected chi connectivity index (χ3v) is 3.14. The molecule has 0 aromatic rings. The molecule has 1 aliphatic rings. The molecule has 4 heteroatoms. The summed E-state index contributed by atoms with van der Waals surface area (Å²) in [6.45, 7) is 7.02. The highest BCUT2D eigenvalue weighted by molar-refractivity contribution is 7.80. The lowest BCUT2D eigenvalue weighted by molar-refractivity contribution is 0.0922. The highest BCUT2D eigenvalue weighted by Gasteiger charge is 2.21. The summed E-state index contributed by atoms with van der Waals surface area (Å²) >= 11 is 5.04. The molecule has 15 heavy (non-hydrogen) atoms. The molecule has 0 amide bonds. The van der Waals surface area contributed by atoms with Crippen LogP contribution in [0.25, 0.3) is 0 Å². The van der Waals surface area contributed by atoms with E-state index in [9.17, 15) is 0 Å². The van der Waals surface area contributed by atoms with Crippen LogP contribution in [0, 0.1) is 5.92 Å². The monoisotopic (exact) mass is 230 g/mol. The van der Waals surface area contributed by atoms with Crippen molar-refractivity contribution in [2.75, 3.05) is 32.8 Å². The summed E-state index contributed by atoms with van der Waals surface area (Å²) in [4.78, 5) is 3.08. The number of rotatable bonds is 6. The van der Waals surface area contributed by atoms with Gasteiger partial charge in [0, 0.05) is 25.6 Å². The van der Waals surface area contributed by atoms with Crippen LogP contribution >= 0.6 is 12.2 Å². The van der Waals surface area contributed by atoms with Gasteiger partial charge in [0.05, 0.1) is 11.6 Å². The molecule has 1 aliphatic heterocycles. The maximum atomic E-state index is 5.68. The molecule has 1 unspecified atom stereocenters. The number of ether oxygens (including phenoxy) is 1. The van der Waals surface area contributed by atoms with E-state index in [0.29, 0.717) is 10.9 Å². The van der Waals surface area contributed by atoms with Crippen LogP contribution in [0.2, 0.25) is 0 Å². The van der Waals surface area contributed by atoms with Crippen molar-refractivity contribution in [3.05, 3.63) is 0 Å². The Labute approximate surface area is 98.0 Å². The lowest BCUT2D eigenvalue weighted by Crippen LogP contribution is -2.41. The fourth-order valence-electron chi connectivity index (χ4n) is 1.93. The van der Waals surface area contributed by atoms with E-state index in [1.807, 2.05) is 0 Å². The van der Waals surface area contributed by atoms with Crippen LogP contribution in [0.1, 0.15) is 26.2 Å². The first-order chi connectivity index (χ1) is 7.24. The highest BCUT2D eigenvalue weighted by atomic mass is 32.1. The van der Waals surface area contributed by atoms with Gasteiger partial charge in [-0.05, 0) is 25.8 Å². The lowest BCUT2D eigenvalue weighted by atomic mass is 9.98.